The summed E-state index contributed by atoms with van der Waals surface area (Å²) in [4.78, 5) is 73.1. The molecule has 0 aromatic rings. The van der Waals surface area contributed by atoms with Crippen LogP contribution in [0.3, 0.4) is 0 Å². The minimum atomic E-state index is -4.96. The highest BCUT2D eigenvalue weighted by atomic mass is 31.2. The molecule has 19 heteroatoms. The Hall–Kier alpha value is -1.94. The smallest absolute Gasteiger partial charge is 0.462 e. The van der Waals surface area contributed by atoms with E-state index in [1.165, 1.54) is 263 Å². The van der Waals surface area contributed by atoms with Crippen molar-refractivity contribution in [3.63, 3.8) is 0 Å². The van der Waals surface area contributed by atoms with Gasteiger partial charge in [0, 0.05) is 25.7 Å². The van der Waals surface area contributed by atoms with E-state index in [1.807, 2.05) is 0 Å². The second-order valence-corrected chi connectivity index (χ2v) is 34.6. The number of unbranched alkanes of at least 4 members (excludes halogenated alkanes) is 54. The average molecular weight is 1540 g/mol. The van der Waals surface area contributed by atoms with Gasteiger partial charge in [0.25, 0.3) is 0 Å². The first-order chi connectivity index (χ1) is 50.9. The van der Waals surface area contributed by atoms with Crippen molar-refractivity contribution in [1.82, 2.24) is 0 Å². The zero-order chi connectivity index (χ0) is 77.1. The summed E-state index contributed by atoms with van der Waals surface area (Å²) >= 11 is 0. The van der Waals surface area contributed by atoms with Crippen LogP contribution in [0.25, 0.3) is 0 Å². The highest BCUT2D eigenvalue weighted by Crippen LogP contribution is 2.45. The van der Waals surface area contributed by atoms with Gasteiger partial charge in [0.05, 0.1) is 26.4 Å². The first-order valence-corrected chi connectivity index (χ1v) is 47.5. The Balaban J connectivity index is 5.16. The molecule has 0 fully saturated rings. The van der Waals surface area contributed by atoms with Crippen molar-refractivity contribution in [2.75, 3.05) is 39.6 Å². The third-order valence-corrected chi connectivity index (χ3v) is 22.5. The first-order valence-electron chi connectivity index (χ1n) is 44.5. The summed E-state index contributed by atoms with van der Waals surface area (Å²) in [6, 6.07) is 0. The molecule has 0 aliphatic heterocycles. The lowest BCUT2D eigenvalue weighted by atomic mass is 9.99. The fraction of sp³-hybridized carbons (Fsp3) is 0.953. The zero-order valence-corrected chi connectivity index (χ0v) is 70.8. The number of ether oxygens (including phenoxy) is 4. The Bertz CT molecular complexity index is 2010. The van der Waals surface area contributed by atoms with Crippen molar-refractivity contribution in [3.8, 4) is 0 Å². The molecule has 0 heterocycles. The lowest BCUT2D eigenvalue weighted by molar-refractivity contribution is -0.161. The highest BCUT2D eigenvalue weighted by molar-refractivity contribution is 7.47. The average Bonchev–Trinajstić information content (AvgIpc) is 1.07. The molecule has 0 saturated heterocycles. The van der Waals surface area contributed by atoms with Gasteiger partial charge in [-0.05, 0) is 37.5 Å². The molecule has 105 heavy (non-hydrogen) atoms. The molecule has 6 atom stereocenters. The zero-order valence-electron chi connectivity index (χ0n) is 69.0. The van der Waals surface area contributed by atoms with E-state index in [-0.39, 0.29) is 25.7 Å². The number of aliphatic hydroxyl groups is 1. The summed E-state index contributed by atoms with van der Waals surface area (Å²) in [5, 5.41) is 10.7. The van der Waals surface area contributed by atoms with E-state index in [1.54, 1.807) is 0 Å². The van der Waals surface area contributed by atoms with Crippen LogP contribution < -0.4 is 0 Å². The highest BCUT2D eigenvalue weighted by Gasteiger charge is 2.30. The van der Waals surface area contributed by atoms with Crippen LogP contribution >= 0.6 is 15.6 Å². The van der Waals surface area contributed by atoms with Crippen LogP contribution in [0.5, 0.6) is 0 Å². The molecule has 0 saturated carbocycles. The van der Waals surface area contributed by atoms with Gasteiger partial charge in [0.15, 0.2) is 12.2 Å². The van der Waals surface area contributed by atoms with E-state index >= 15 is 0 Å². The number of carbonyl (C=O) groups excluding carboxylic acids is 4. The van der Waals surface area contributed by atoms with E-state index < -0.39 is 97.5 Å². The Morgan fingerprint density at radius 1 is 0.276 bits per heavy atom. The topological polar surface area (TPSA) is 237 Å². The molecule has 0 aromatic heterocycles. The summed E-state index contributed by atoms with van der Waals surface area (Å²) in [5.41, 5.74) is 0. The molecule has 0 aromatic carbocycles. The summed E-state index contributed by atoms with van der Waals surface area (Å²) in [6.07, 6.45) is 69.6. The molecular formula is C86H168O17P2. The van der Waals surface area contributed by atoms with Gasteiger partial charge in [0.1, 0.15) is 19.3 Å². The maximum absolute atomic E-state index is 13.1. The van der Waals surface area contributed by atoms with E-state index in [4.69, 9.17) is 37.0 Å². The molecular weight excluding hydrogens is 1370 g/mol. The van der Waals surface area contributed by atoms with Gasteiger partial charge in [-0.2, -0.15) is 0 Å². The summed E-state index contributed by atoms with van der Waals surface area (Å²) in [5.74, 6) is -0.423. The third kappa shape index (κ3) is 78.5. The van der Waals surface area contributed by atoms with Crippen molar-refractivity contribution < 1.29 is 80.2 Å². The van der Waals surface area contributed by atoms with Gasteiger partial charge >= 0.3 is 39.5 Å². The van der Waals surface area contributed by atoms with Crippen molar-refractivity contribution in [2.45, 2.75) is 477 Å². The Kier molecular flexibility index (Phi) is 76.0. The number of hydrogen-bond acceptors (Lipinski definition) is 15. The standard InChI is InChI=1S/C86H168O17P2/c1-7-10-12-14-16-17-18-19-20-23-31-36-41-46-52-58-64-70-85(90)102-81(74-96-83(88)68-62-56-48-15-13-11-8-2)76-100-104(92,93)98-72-80(87)73-99-105(94,95)101-77-82(75-97-84(89)69-63-57-51-45-40-35-30-27-26-28-33-38-43-49-54-60-66-78(4)5)103-86(91)71-65-59-53-47-42-37-32-25-22-21-24-29-34-39-44-50-55-61-67-79(6)9-3/h78-82,87H,7-77H2,1-6H3,(H,92,93)(H,94,95)/t79?,80-,81+,82+/m0/s1. The van der Waals surface area contributed by atoms with Crippen molar-refractivity contribution >= 4 is 39.5 Å². The first kappa shape index (κ1) is 103. The van der Waals surface area contributed by atoms with Gasteiger partial charge in [-0.3, -0.25) is 37.3 Å². The molecule has 0 amide bonds. The van der Waals surface area contributed by atoms with Gasteiger partial charge < -0.3 is 33.8 Å². The lowest BCUT2D eigenvalue weighted by Crippen LogP contribution is -2.30. The molecule has 0 bridgehead atoms. The fourth-order valence-electron chi connectivity index (χ4n) is 13.4. The molecule has 17 nitrogen and oxygen atoms in total. The number of carbonyl (C=O) groups is 4. The molecule has 0 rings (SSSR count). The van der Waals surface area contributed by atoms with E-state index in [0.717, 1.165) is 115 Å². The second-order valence-electron chi connectivity index (χ2n) is 31.6. The molecule has 3 N–H and O–H groups in total. The number of phosphoric acid groups is 2. The van der Waals surface area contributed by atoms with Crippen LogP contribution in [-0.2, 0) is 65.4 Å². The molecule has 3 unspecified atom stereocenters. The van der Waals surface area contributed by atoms with Crippen LogP contribution in [0.4, 0.5) is 0 Å². The monoisotopic (exact) mass is 1540 g/mol. The van der Waals surface area contributed by atoms with Crippen LogP contribution in [0.1, 0.15) is 459 Å². The minimum Gasteiger partial charge on any atom is -0.462 e. The van der Waals surface area contributed by atoms with Crippen LogP contribution in [0.15, 0.2) is 0 Å². The second kappa shape index (κ2) is 77.4. The largest absolute Gasteiger partial charge is 0.472 e. The van der Waals surface area contributed by atoms with E-state index in [9.17, 15) is 43.2 Å². The molecule has 0 radical (unpaired) electrons. The summed E-state index contributed by atoms with van der Waals surface area (Å²) in [6.45, 7) is 9.73. The Morgan fingerprint density at radius 3 is 0.724 bits per heavy atom. The van der Waals surface area contributed by atoms with E-state index in [2.05, 4.69) is 41.5 Å². The summed E-state index contributed by atoms with van der Waals surface area (Å²) in [7, 11) is -9.92. The van der Waals surface area contributed by atoms with Crippen molar-refractivity contribution in [2.24, 2.45) is 11.8 Å². The predicted molar refractivity (Wildman–Crippen MR) is 432 cm³/mol. The molecule has 624 valence electrons. The Morgan fingerprint density at radius 2 is 0.486 bits per heavy atom. The molecule has 0 spiro atoms. The quantitative estimate of drug-likeness (QED) is 0.0222. The van der Waals surface area contributed by atoms with Crippen molar-refractivity contribution in [3.05, 3.63) is 0 Å². The van der Waals surface area contributed by atoms with E-state index in [0.29, 0.717) is 25.7 Å². The van der Waals surface area contributed by atoms with Crippen LogP contribution in [-0.4, -0.2) is 96.7 Å². The normalized spacial score (nSPS) is 14.1. The molecule has 0 aliphatic rings. The lowest BCUT2D eigenvalue weighted by Gasteiger charge is -2.21. The van der Waals surface area contributed by atoms with Gasteiger partial charge in [-0.25, -0.2) is 9.13 Å². The molecule has 0 aliphatic carbocycles. The van der Waals surface area contributed by atoms with Gasteiger partial charge in [-0.15, -0.1) is 0 Å². The number of rotatable bonds is 85. The van der Waals surface area contributed by atoms with Gasteiger partial charge in [-0.1, -0.05) is 408 Å². The number of phosphoric ester groups is 2. The summed E-state index contributed by atoms with van der Waals surface area (Å²) < 4.78 is 68.8. The third-order valence-electron chi connectivity index (χ3n) is 20.6. The SMILES string of the molecule is CCCCCCCCCCCCCCCCCCCC(=O)O[C@H](COC(=O)CCCCCCCCC)COP(=O)(O)OC[C@H](O)COP(=O)(O)OC[C@@H](COC(=O)CCCCCCCCCCCCCCCCCCC(C)C)OC(=O)CCCCCCCCCCCCCCCCCCCCC(C)CC. The maximum Gasteiger partial charge on any atom is 0.472 e. The van der Waals surface area contributed by atoms with Crippen LogP contribution in [0, 0.1) is 11.8 Å². The predicted octanol–water partition coefficient (Wildman–Crippen LogP) is 26.2. The maximum atomic E-state index is 13.1. The fourth-order valence-corrected chi connectivity index (χ4v) is 15.0. The Labute approximate surface area is 645 Å². The number of hydrogen-bond donors (Lipinski definition) is 3. The minimum absolute atomic E-state index is 0.108. The van der Waals surface area contributed by atoms with Crippen LogP contribution in [0.2, 0.25) is 0 Å². The van der Waals surface area contributed by atoms with Crippen molar-refractivity contribution in [1.29, 1.82) is 0 Å². The number of esters is 4. The van der Waals surface area contributed by atoms with Gasteiger partial charge in [0.2, 0.25) is 0 Å². The number of aliphatic hydroxyl groups excluding tert-OH is 1.